The van der Waals surface area contributed by atoms with Crippen molar-refractivity contribution in [2.75, 3.05) is 7.11 Å². The van der Waals surface area contributed by atoms with E-state index < -0.39 is 11.7 Å². The quantitative estimate of drug-likeness (QED) is 0.389. The molecule has 30 heavy (non-hydrogen) atoms. The number of carbonyl (C=O) groups is 2. The predicted molar refractivity (Wildman–Crippen MR) is 118 cm³/mol. The zero-order valence-corrected chi connectivity index (χ0v) is 18.3. The fraction of sp³-hybridized carbons (Fsp3) is 0.600. The second-order valence-corrected chi connectivity index (χ2v) is 8.58. The molecule has 1 fully saturated rings. The maximum Gasteiger partial charge on any atom is 0.305 e. The summed E-state index contributed by atoms with van der Waals surface area (Å²) < 4.78 is 4.60. The van der Waals surface area contributed by atoms with E-state index in [9.17, 15) is 19.8 Å². The lowest BCUT2D eigenvalue weighted by atomic mass is 9.88. The molecule has 2 N–H and O–H groups in total. The minimum atomic E-state index is -0.953. The van der Waals surface area contributed by atoms with Gasteiger partial charge in [-0.25, -0.2) is 0 Å². The Morgan fingerprint density at radius 2 is 2.07 bits per heavy atom. The van der Waals surface area contributed by atoms with Gasteiger partial charge in [-0.1, -0.05) is 48.1 Å². The van der Waals surface area contributed by atoms with Crippen molar-refractivity contribution in [1.82, 2.24) is 0 Å². The van der Waals surface area contributed by atoms with Gasteiger partial charge >= 0.3 is 5.97 Å². The van der Waals surface area contributed by atoms with E-state index in [0.29, 0.717) is 25.7 Å². The lowest BCUT2D eigenvalue weighted by Crippen LogP contribution is -2.21. The summed E-state index contributed by atoms with van der Waals surface area (Å²) in [5, 5.41) is 20.9. The van der Waals surface area contributed by atoms with Crippen LogP contribution in [0.4, 0.5) is 0 Å². The van der Waals surface area contributed by atoms with Gasteiger partial charge in [0, 0.05) is 24.7 Å². The van der Waals surface area contributed by atoms with Crippen LogP contribution in [-0.2, 0) is 14.3 Å². The molecule has 4 atom stereocenters. The molecule has 5 heteroatoms. The molecule has 0 radical (unpaired) electrons. The normalized spacial score (nSPS) is 26.7. The van der Waals surface area contributed by atoms with Gasteiger partial charge in [0.2, 0.25) is 0 Å². The van der Waals surface area contributed by atoms with E-state index in [1.165, 1.54) is 19.1 Å². The number of carbonyl (C=O) groups excluding carboxylic acids is 2. The van der Waals surface area contributed by atoms with Gasteiger partial charge in [-0.2, -0.15) is 0 Å². The van der Waals surface area contributed by atoms with Gasteiger partial charge < -0.3 is 14.9 Å². The van der Waals surface area contributed by atoms with Gasteiger partial charge in [-0.05, 0) is 51.9 Å². The van der Waals surface area contributed by atoms with Crippen molar-refractivity contribution in [3.05, 3.63) is 48.1 Å². The summed E-state index contributed by atoms with van der Waals surface area (Å²) in [4.78, 5) is 23.4. The molecule has 5 nitrogen and oxygen atoms in total. The third kappa shape index (κ3) is 8.04. The fourth-order valence-corrected chi connectivity index (χ4v) is 4.07. The molecule has 0 spiro atoms. The van der Waals surface area contributed by atoms with Crippen molar-refractivity contribution in [3.63, 3.8) is 0 Å². The van der Waals surface area contributed by atoms with Gasteiger partial charge in [0.05, 0.1) is 18.8 Å². The van der Waals surface area contributed by atoms with Crippen molar-refractivity contribution in [2.45, 2.75) is 76.4 Å². The average Bonchev–Trinajstić information content (AvgIpc) is 3.31. The third-order valence-electron chi connectivity index (χ3n) is 5.91. The number of aliphatic hydroxyl groups is 2. The smallest absolute Gasteiger partial charge is 0.305 e. The van der Waals surface area contributed by atoms with Gasteiger partial charge in [-0.15, -0.1) is 0 Å². The molecule has 0 aliphatic heterocycles. The zero-order valence-electron chi connectivity index (χ0n) is 18.3. The molecule has 2 aliphatic carbocycles. The Labute approximate surface area is 180 Å². The largest absolute Gasteiger partial charge is 0.469 e. The lowest BCUT2D eigenvalue weighted by molar-refractivity contribution is -0.140. The molecular weight excluding hydrogens is 380 g/mol. The third-order valence-corrected chi connectivity index (χ3v) is 5.91. The number of allylic oxidation sites excluding steroid dienone is 5. The van der Waals surface area contributed by atoms with E-state index >= 15 is 0 Å². The van der Waals surface area contributed by atoms with E-state index in [0.717, 1.165) is 19.3 Å². The zero-order chi connectivity index (χ0) is 22.0. The number of hydrogen-bond donors (Lipinski definition) is 2. The highest BCUT2D eigenvalue weighted by molar-refractivity contribution is 5.84. The monoisotopic (exact) mass is 416 g/mol. The molecule has 0 amide bonds. The van der Waals surface area contributed by atoms with Crippen LogP contribution in [0.25, 0.3) is 0 Å². The molecular formula is C25H36O5. The highest BCUT2D eigenvalue weighted by Gasteiger charge is 2.39. The summed E-state index contributed by atoms with van der Waals surface area (Å²) in [6, 6.07) is 0. The number of methoxy groups -OCH3 is 1. The number of ketones is 1. The van der Waals surface area contributed by atoms with Crippen molar-refractivity contribution >= 4 is 11.8 Å². The molecule has 0 saturated heterocycles. The number of esters is 1. The standard InChI is InChI=1S/C25H36O5/c1-25(29,17-15-19-10-7-8-11-19)16-9-13-21-20(22(26)18-23(21)27)12-5-3-4-6-14-24(28)30-2/h3-4,9-10,13,15,17,20-21,23,27,29H,5-8,11-12,14,16,18H2,1-2H3/b4-3+,13-9+,17-15+/t20-,21-,23-,25+/m1/s1. The Bertz CT molecular complexity index is 698. The highest BCUT2D eigenvalue weighted by Crippen LogP contribution is 2.34. The summed E-state index contributed by atoms with van der Waals surface area (Å²) in [5.41, 5.74) is 0.321. The van der Waals surface area contributed by atoms with Crippen LogP contribution in [0.15, 0.2) is 48.1 Å². The first-order chi connectivity index (χ1) is 14.3. The molecule has 1 saturated carbocycles. The topological polar surface area (TPSA) is 83.8 Å². The van der Waals surface area contributed by atoms with Crippen molar-refractivity contribution in [2.24, 2.45) is 11.8 Å². The Hall–Kier alpha value is -1.98. The van der Waals surface area contributed by atoms with Crippen molar-refractivity contribution in [3.8, 4) is 0 Å². The SMILES string of the molecule is COC(=O)CC/C=C/CC[C@H]1C(=O)C[C@@H](O)[C@@H]1/C=C/C[C@](C)(O)/C=C/C1=CCCC1. The predicted octanol–water partition coefficient (Wildman–Crippen LogP) is 4.21. The molecule has 2 aliphatic rings. The molecule has 0 aromatic carbocycles. The molecule has 0 unspecified atom stereocenters. The summed E-state index contributed by atoms with van der Waals surface area (Å²) in [5.74, 6) is -0.548. The highest BCUT2D eigenvalue weighted by atomic mass is 16.5. The number of aliphatic hydroxyl groups excluding tert-OH is 1. The molecule has 0 aromatic heterocycles. The number of ether oxygens (including phenoxy) is 1. The van der Waals surface area contributed by atoms with Crippen molar-refractivity contribution < 1.29 is 24.5 Å². The van der Waals surface area contributed by atoms with Gasteiger partial charge in [-0.3, -0.25) is 9.59 Å². The van der Waals surface area contributed by atoms with E-state index in [4.69, 9.17) is 0 Å². The second-order valence-electron chi connectivity index (χ2n) is 8.58. The van der Waals surface area contributed by atoms with Gasteiger partial charge in [0.1, 0.15) is 5.78 Å². The Balaban J connectivity index is 1.83. The van der Waals surface area contributed by atoms with Crippen LogP contribution in [0, 0.1) is 11.8 Å². The summed E-state index contributed by atoms with van der Waals surface area (Å²) >= 11 is 0. The number of hydrogen-bond acceptors (Lipinski definition) is 5. The summed E-state index contributed by atoms with van der Waals surface area (Å²) in [7, 11) is 1.37. The van der Waals surface area contributed by atoms with Crippen LogP contribution in [0.5, 0.6) is 0 Å². The van der Waals surface area contributed by atoms with Crippen molar-refractivity contribution in [1.29, 1.82) is 0 Å². The summed E-state index contributed by atoms with van der Waals surface area (Å²) in [6.45, 7) is 1.77. The Morgan fingerprint density at radius 3 is 2.77 bits per heavy atom. The molecule has 0 aromatic rings. The van der Waals surface area contributed by atoms with E-state index in [2.05, 4.69) is 10.8 Å². The molecule has 0 heterocycles. The van der Waals surface area contributed by atoms with E-state index in [1.54, 1.807) is 6.92 Å². The van der Waals surface area contributed by atoms with Crippen LogP contribution < -0.4 is 0 Å². The summed E-state index contributed by atoms with van der Waals surface area (Å²) in [6.07, 6.45) is 19.4. The minimum Gasteiger partial charge on any atom is -0.469 e. The van der Waals surface area contributed by atoms with Crippen LogP contribution in [-0.4, -0.2) is 40.8 Å². The first kappa shape index (κ1) is 24.3. The van der Waals surface area contributed by atoms with Gasteiger partial charge in [0.25, 0.3) is 0 Å². The second kappa shape index (κ2) is 12.0. The molecule has 166 valence electrons. The van der Waals surface area contributed by atoms with E-state index in [1.807, 2.05) is 36.5 Å². The molecule has 2 rings (SSSR count). The van der Waals surface area contributed by atoms with Crippen LogP contribution in [0.3, 0.4) is 0 Å². The van der Waals surface area contributed by atoms with Crippen LogP contribution in [0.2, 0.25) is 0 Å². The first-order valence-electron chi connectivity index (χ1n) is 11.0. The van der Waals surface area contributed by atoms with Gasteiger partial charge in [0.15, 0.2) is 0 Å². The number of rotatable bonds is 11. The fourth-order valence-electron chi connectivity index (χ4n) is 4.07. The van der Waals surface area contributed by atoms with E-state index in [-0.39, 0.29) is 30.0 Å². The van der Waals surface area contributed by atoms with Crippen LogP contribution in [0.1, 0.15) is 64.7 Å². The van der Waals surface area contributed by atoms with Crippen LogP contribution >= 0.6 is 0 Å². The maximum atomic E-state index is 12.3. The minimum absolute atomic E-state index is 0.0972. The lowest BCUT2D eigenvalue weighted by Gasteiger charge is -2.19. The average molecular weight is 417 g/mol. The first-order valence-corrected chi connectivity index (χ1v) is 11.0. The maximum absolute atomic E-state index is 12.3. The Kier molecular flexibility index (Phi) is 9.73. The number of Topliss-reactive ketones (excluding diaryl/α,β-unsaturated/α-hetero) is 1. The molecule has 0 bridgehead atoms. The Morgan fingerprint density at radius 1 is 1.30 bits per heavy atom.